The Morgan fingerprint density at radius 3 is 2.17 bits per heavy atom. The predicted octanol–water partition coefficient (Wildman–Crippen LogP) is 1.98. The fourth-order valence-electron chi connectivity index (χ4n) is 3.94. The van der Waals surface area contributed by atoms with Gasteiger partial charge in [0.25, 0.3) is 11.8 Å². The topological polar surface area (TPSA) is 73.8 Å². The highest BCUT2D eigenvalue weighted by atomic mass is 16.2. The molecule has 0 unspecified atom stereocenters. The Morgan fingerprint density at radius 2 is 1.45 bits per heavy atom. The molecule has 0 aliphatic carbocycles. The predicted molar refractivity (Wildman–Crippen MR) is 109 cm³/mol. The molecule has 0 bridgehead atoms. The van der Waals surface area contributed by atoms with Gasteiger partial charge in [-0.3, -0.25) is 14.4 Å². The van der Waals surface area contributed by atoms with E-state index >= 15 is 0 Å². The minimum Gasteiger partial charge on any atom is -0.339 e. The zero-order valence-electron chi connectivity index (χ0n) is 16.5. The number of carbonyl (C=O) groups excluding carboxylic acids is 3. The Bertz CT molecular complexity index is 951. The molecule has 29 heavy (non-hydrogen) atoms. The Labute approximate surface area is 169 Å². The van der Waals surface area contributed by atoms with Crippen LogP contribution in [-0.2, 0) is 11.2 Å². The van der Waals surface area contributed by atoms with Gasteiger partial charge in [-0.05, 0) is 36.6 Å². The molecule has 2 aliphatic heterocycles. The largest absolute Gasteiger partial charge is 0.339 e. The molecule has 4 rings (SSSR count). The van der Waals surface area contributed by atoms with Crippen LogP contribution < -0.4 is 4.90 Å². The van der Waals surface area contributed by atoms with Gasteiger partial charge in [-0.1, -0.05) is 24.3 Å². The number of benzene rings is 1. The van der Waals surface area contributed by atoms with Gasteiger partial charge in [-0.15, -0.1) is 0 Å². The van der Waals surface area contributed by atoms with Crippen LogP contribution >= 0.6 is 0 Å². The average Bonchev–Trinajstić information content (AvgIpc) is 2.78. The number of aryl methyl sites for hydroxylation is 1. The number of hydrogen-bond donors (Lipinski definition) is 0. The zero-order chi connectivity index (χ0) is 20.4. The first-order valence-electron chi connectivity index (χ1n) is 9.96. The molecule has 7 heteroatoms. The van der Waals surface area contributed by atoms with Crippen LogP contribution in [0, 0.1) is 0 Å². The molecule has 2 aliphatic rings. The summed E-state index contributed by atoms with van der Waals surface area (Å²) in [7, 11) is 0. The maximum absolute atomic E-state index is 13.1. The van der Waals surface area contributed by atoms with Crippen molar-refractivity contribution in [1.29, 1.82) is 0 Å². The van der Waals surface area contributed by atoms with E-state index in [1.165, 1.54) is 6.92 Å². The zero-order valence-corrected chi connectivity index (χ0v) is 16.5. The maximum Gasteiger partial charge on any atom is 0.276 e. The molecule has 0 N–H and O–H groups in total. The molecule has 7 nitrogen and oxygen atoms in total. The molecule has 150 valence electrons. The molecule has 1 aromatic heterocycles. The Morgan fingerprint density at radius 1 is 0.793 bits per heavy atom. The normalized spacial score (nSPS) is 16.4. The minimum absolute atomic E-state index is 0.0182. The number of fused-ring (bicyclic) bond motifs is 1. The van der Waals surface area contributed by atoms with Crippen LogP contribution in [0.3, 0.4) is 0 Å². The molecule has 0 spiro atoms. The lowest BCUT2D eigenvalue weighted by Gasteiger charge is -2.34. The van der Waals surface area contributed by atoms with E-state index in [1.54, 1.807) is 32.9 Å². The van der Waals surface area contributed by atoms with Gasteiger partial charge >= 0.3 is 0 Å². The van der Waals surface area contributed by atoms with Gasteiger partial charge in [-0.25, -0.2) is 4.98 Å². The standard InChI is InChI=1S/C22H24N4O3/c1-16(27)24-12-14-25(15-13-24)21(28)18-8-4-9-19(23-18)22(29)26-11-5-7-17-6-2-3-10-20(17)26/h2-4,6,8-10H,5,7,11-15H2,1H3. The molecule has 1 saturated heterocycles. The van der Waals surface area contributed by atoms with Crippen LogP contribution in [0.15, 0.2) is 42.5 Å². The third-order valence-electron chi connectivity index (χ3n) is 5.55. The lowest BCUT2D eigenvalue weighted by Crippen LogP contribution is -2.50. The summed E-state index contributed by atoms with van der Waals surface area (Å²) in [5.41, 5.74) is 2.61. The van der Waals surface area contributed by atoms with Gasteiger partial charge in [0.2, 0.25) is 5.91 Å². The van der Waals surface area contributed by atoms with Crippen molar-refractivity contribution in [1.82, 2.24) is 14.8 Å². The van der Waals surface area contributed by atoms with Gasteiger partial charge in [0.05, 0.1) is 0 Å². The first kappa shape index (κ1) is 19.1. The van der Waals surface area contributed by atoms with Crippen molar-refractivity contribution < 1.29 is 14.4 Å². The van der Waals surface area contributed by atoms with Crippen molar-refractivity contribution in [2.75, 3.05) is 37.6 Å². The number of rotatable bonds is 2. The van der Waals surface area contributed by atoms with Gasteiger partial charge < -0.3 is 14.7 Å². The fraction of sp³-hybridized carbons (Fsp3) is 0.364. The first-order valence-corrected chi connectivity index (χ1v) is 9.96. The van der Waals surface area contributed by atoms with Gasteiger partial charge in [0, 0.05) is 45.3 Å². The second-order valence-corrected chi connectivity index (χ2v) is 7.40. The van der Waals surface area contributed by atoms with Crippen molar-refractivity contribution in [3.05, 3.63) is 59.4 Å². The quantitative estimate of drug-likeness (QED) is 0.783. The molecule has 1 fully saturated rings. The van der Waals surface area contributed by atoms with E-state index in [0.29, 0.717) is 32.7 Å². The summed E-state index contributed by atoms with van der Waals surface area (Å²) in [5, 5.41) is 0. The number of amides is 3. The number of piperazine rings is 1. The van der Waals surface area contributed by atoms with Crippen molar-refractivity contribution in [3.63, 3.8) is 0 Å². The minimum atomic E-state index is -0.207. The monoisotopic (exact) mass is 392 g/mol. The highest BCUT2D eigenvalue weighted by molar-refractivity contribution is 6.06. The van der Waals surface area contributed by atoms with Gasteiger partial charge in [0.15, 0.2) is 0 Å². The fourth-order valence-corrected chi connectivity index (χ4v) is 3.94. The van der Waals surface area contributed by atoms with Crippen molar-refractivity contribution in [2.45, 2.75) is 19.8 Å². The van der Waals surface area contributed by atoms with Crippen LogP contribution in [0.4, 0.5) is 5.69 Å². The van der Waals surface area contributed by atoms with Crippen molar-refractivity contribution in [3.8, 4) is 0 Å². The van der Waals surface area contributed by atoms with Crippen molar-refractivity contribution >= 4 is 23.4 Å². The number of para-hydroxylation sites is 1. The van der Waals surface area contributed by atoms with Crippen LogP contribution in [-0.4, -0.2) is 65.2 Å². The van der Waals surface area contributed by atoms with E-state index in [2.05, 4.69) is 4.98 Å². The van der Waals surface area contributed by atoms with Gasteiger partial charge in [0.1, 0.15) is 11.4 Å². The average molecular weight is 392 g/mol. The number of carbonyl (C=O) groups is 3. The van der Waals surface area contributed by atoms with E-state index < -0.39 is 0 Å². The summed E-state index contributed by atoms with van der Waals surface area (Å²) >= 11 is 0. The summed E-state index contributed by atoms with van der Waals surface area (Å²) in [6.45, 7) is 4.15. The second kappa shape index (κ2) is 8.03. The molecule has 0 atom stereocenters. The third kappa shape index (κ3) is 3.85. The Balaban J connectivity index is 1.51. The number of nitrogens with zero attached hydrogens (tertiary/aromatic N) is 4. The highest BCUT2D eigenvalue weighted by Gasteiger charge is 2.27. The second-order valence-electron chi connectivity index (χ2n) is 7.40. The van der Waals surface area contributed by atoms with E-state index in [-0.39, 0.29) is 29.1 Å². The van der Waals surface area contributed by atoms with E-state index in [9.17, 15) is 14.4 Å². The van der Waals surface area contributed by atoms with E-state index in [1.807, 2.05) is 24.3 Å². The molecule has 2 aromatic rings. The maximum atomic E-state index is 13.1. The summed E-state index contributed by atoms with van der Waals surface area (Å²) in [5.74, 6) is -0.375. The van der Waals surface area contributed by atoms with Crippen LogP contribution in [0.2, 0.25) is 0 Å². The van der Waals surface area contributed by atoms with Crippen LogP contribution in [0.5, 0.6) is 0 Å². The summed E-state index contributed by atoms with van der Waals surface area (Å²) in [6.07, 6.45) is 1.86. The number of anilines is 1. The van der Waals surface area contributed by atoms with Crippen molar-refractivity contribution in [2.24, 2.45) is 0 Å². The highest BCUT2D eigenvalue weighted by Crippen LogP contribution is 2.27. The lowest BCUT2D eigenvalue weighted by molar-refractivity contribution is -0.130. The lowest BCUT2D eigenvalue weighted by atomic mass is 10.0. The molecule has 3 heterocycles. The molecular weight excluding hydrogens is 368 g/mol. The molecular formula is C22H24N4O3. The summed E-state index contributed by atoms with van der Waals surface area (Å²) in [6, 6.07) is 12.9. The first-order chi connectivity index (χ1) is 14.0. The number of pyridine rings is 1. The summed E-state index contributed by atoms with van der Waals surface area (Å²) < 4.78 is 0. The van der Waals surface area contributed by atoms with Gasteiger partial charge in [-0.2, -0.15) is 0 Å². The third-order valence-corrected chi connectivity index (χ3v) is 5.55. The molecule has 0 saturated carbocycles. The Kier molecular flexibility index (Phi) is 5.29. The van der Waals surface area contributed by atoms with E-state index in [0.717, 1.165) is 24.1 Å². The SMILES string of the molecule is CC(=O)N1CCN(C(=O)c2cccc(C(=O)N3CCCc4ccccc43)n2)CC1. The molecule has 0 radical (unpaired) electrons. The smallest absolute Gasteiger partial charge is 0.276 e. The number of hydrogen-bond acceptors (Lipinski definition) is 4. The molecule has 3 amide bonds. The number of aromatic nitrogens is 1. The van der Waals surface area contributed by atoms with E-state index in [4.69, 9.17) is 0 Å². The van der Waals surface area contributed by atoms with Crippen LogP contribution in [0.1, 0.15) is 39.9 Å². The Hall–Kier alpha value is -3.22. The summed E-state index contributed by atoms with van der Waals surface area (Å²) in [4.78, 5) is 47.0. The van der Waals surface area contributed by atoms with Crippen LogP contribution in [0.25, 0.3) is 0 Å². The molecule has 1 aromatic carbocycles.